The molecule has 1 saturated heterocycles. The summed E-state index contributed by atoms with van der Waals surface area (Å²) in [5.74, 6) is -0.532. The number of anilines is 1. The van der Waals surface area contributed by atoms with Gasteiger partial charge in [0.05, 0.1) is 25.9 Å². The quantitative estimate of drug-likeness (QED) is 0.813. The van der Waals surface area contributed by atoms with Crippen molar-refractivity contribution < 1.29 is 19.1 Å². The second-order valence-corrected chi connectivity index (χ2v) is 5.00. The SMILES string of the molecule is COC(=O)c1ccc(C)c(NC(=O)CC2COCCN2)c1. The van der Waals surface area contributed by atoms with Crippen LogP contribution in [-0.4, -0.2) is 44.8 Å². The van der Waals surface area contributed by atoms with E-state index in [9.17, 15) is 9.59 Å². The van der Waals surface area contributed by atoms with Gasteiger partial charge in [-0.3, -0.25) is 4.79 Å². The first kappa shape index (κ1) is 15.5. The van der Waals surface area contributed by atoms with E-state index in [1.807, 2.05) is 6.92 Å². The summed E-state index contributed by atoms with van der Waals surface area (Å²) in [4.78, 5) is 23.6. The number of amides is 1. The molecule has 1 aliphatic rings. The molecule has 1 atom stereocenters. The number of ether oxygens (including phenoxy) is 2. The zero-order chi connectivity index (χ0) is 15.2. The molecule has 0 radical (unpaired) electrons. The van der Waals surface area contributed by atoms with E-state index in [0.29, 0.717) is 30.9 Å². The van der Waals surface area contributed by atoms with Crippen LogP contribution in [0.1, 0.15) is 22.3 Å². The summed E-state index contributed by atoms with van der Waals surface area (Å²) < 4.78 is 10.00. The number of nitrogens with one attached hydrogen (secondary N) is 2. The number of hydrogen-bond acceptors (Lipinski definition) is 5. The lowest BCUT2D eigenvalue weighted by atomic mass is 10.1. The molecule has 0 saturated carbocycles. The average molecular weight is 292 g/mol. The minimum absolute atomic E-state index is 0.0304. The number of carbonyl (C=O) groups is 2. The molecule has 2 N–H and O–H groups in total. The second-order valence-electron chi connectivity index (χ2n) is 5.00. The molecule has 0 aromatic heterocycles. The molecule has 1 aromatic carbocycles. The van der Waals surface area contributed by atoms with Crippen LogP contribution in [0.15, 0.2) is 18.2 Å². The van der Waals surface area contributed by atoms with Crippen LogP contribution in [0.5, 0.6) is 0 Å². The van der Waals surface area contributed by atoms with Gasteiger partial charge in [-0.05, 0) is 24.6 Å². The van der Waals surface area contributed by atoms with E-state index >= 15 is 0 Å². The van der Waals surface area contributed by atoms with Gasteiger partial charge in [0.25, 0.3) is 0 Å². The van der Waals surface area contributed by atoms with Gasteiger partial charge in [0, 0.05) is 24.7 Å². The van der Waals surface area contributed by atoms with E-state index in [1.165, 1.54) is 7.11 Å². The lowest BCUT2D eigenvalue weighted by Gasteiger charge is -2.23. The van der Waals surface area contributed by atoms with Gasteiger partial charge in [-0.2, -0.15) is 0 Å². The van der Waals surface area contributed by atoms with E-state index < -0.39 is 5.97 Å². The van der Waals surface area contributed by atoms with Crippen LogP contribution in [0, 0.1) is 6.92 Å². The molecule has 2 rings (SSSR count). The lowest BCUT2D eigenvalue weighted by Crippen LogP contribution is -2.43. The number of rotatable bonds is 4. The van der Waals surface area contributed by atoms with Crippen LogP contribution in [-0.2, 0) is 14.3 Å². The fraction of sp³-hybridized carbons (Fsp3) is 0.467. The monoisotopic (exact) mass is 292 g/mol. The Hall–Kier alpha value is -1.92. The van der Waals surface area contributed by atoms with E-state index in [2.05, 4.69) is 15.4 Å². The van der Waals surface area contributed by atoms with E-state index in [4.69, 9.17) is 4.74 Å². The van der Waals surface area contributed by atoms with Crippen molar-refractivity contribution in [2.75, 3.05) is 32.2 Å². The topological polar surface area (TPSA) is 76.7 Å². The molecule has 1 amide bonds. The highest BCUT2D eigenvalue weighted by Gasteiger charge is 2.17. The van der Waals surface area contributed by atoms with Crippen molar-refractivity contribution in [1.29, 1.82) is 0 Å². The minimum Gasteiger partial charge on any atom is -0.465 e. The van der Waals surface area contributed by atoms with Gasteiger partial charge in [-0.1, -0.05) is 6.07 Å². The number of carbonyl (C=O) groups excluding carboxylic acids is 2. The summed E-state index contributed by atoms with van der Waals surface area (Å²) in [6.45, 7) is 3.85. The fourth-order valence-corrected chi connectivity index (χ4v) is 2.18. The van der Waals surface area contributed by atoms with E-state index in [-0.39, 0.29) is 11.9 Å². The van der Waals surface area contributed by atoms with Crippen LogP contribution in [0.2, 0.25) is 0 Å². The average Bonchev–Trinajstić information content (AvgIpc) is 2.49. The van der Waals surface area contributed by atoms with Gasteiger partial charge in [0.2, 0.25) is 5.91 Å². The molecule has 6 nitrogen and oxygen atoms in total. The van der Waals surface area contributed by atoms with Crippen LogP contribution in [0.25, 0.3) is 0 Å². The number of esters is 1. The first-order valence-electron chi connectivity index (χ1n) is 6.90. The Balaban J connectivity index is 2.00. The third-order valence-corrected chi connectivity index (χ3v) is 3.36. The molecule has 21 heavy (non-hydrogen) atoms. The maximum Gasteiger partial charge on any atom is 0.337 e. The zero-order valence-electron chi connectivity index (χ0n) is 12.3. The molecule has 1 fully saturated rings. The molecule has 0 bridgehead atoms. The lowest BCUT2D eigenvalue weighted by molar-refractivity contribution is -0.117. The van der Waals surface area contributed by atoms with Crippen LogP contribution >= 0.6 is 0 Å². The number of aryl methyl sites for hydroxylation is 1. The number of hydrogen-bond donors (Lipinski definition) is 2. The van der Waals surface area contributed by atoms with Gasteiger partial charge in [-0.25, -0.2) is 4.79 Å². The molecular formula is C15H20N2O4. The smallest absolute Gasteiger partial charge is 0.337 e. The predicted molar refractivity (Wildman–Crippen MR) is 78.4 cm³/mol. The molecule has 1 aliphatic heterocycles. The van der Waals surface area contributed by atoms with Crippen molar-refractivity contribution in [1.82, 2.24) is 5.32 Å². The molecule has 1 aromatic rings. The predicted octanol–water partition coefficient (Wildman–Crippen LogP) is 1.10. The molecule has 0 spiro atoms. The Kier molecular flexibility index (Phi) is 5.30. The van der Waals surface area contributed by atoms with Crippen molar-refractivity contribution in [3.05, 3.63) is 29.3 Å². The summed E-state index contributed by atoms with van der Waals surface area (Å²) in [5.41, 5.74) is 1.93. The molecular weight excluding hydrogens is 272 g/mol. The molecule has 1 unspecified atom stereocenters. The summed E-state index contributed by atoms with van der Waals surface area (Å²) in [6, 6.07) is 5.11. The molecule has 1 heterocycles. The van der Waals surface area contributed by atoms with Crippen molar-refractivity contribution >= 4 is 17.6 Å². The third-order valence-electron chi connectivity index (χ3n) is 3.36. The third kappa shape index (κ3) is 4.27. The summed E-state index contributed by atoms with van der Waals surface area (Å²) >= 11 is 0. The van der Waals surface area contributed by atoms with Gasteiger partial charge in [0.1, 0.15) is 0 Å². The van der Waals surface area contributed by atoms with Gasteiger partial charge in [-0.15, -0.1) is 0 Å². The number of benzene rings is 1. The molecule has 6 heteroatoms. The van der Waals surface area contributed by atoms with Gasteiger partial charge in [0.15, 0.2) is 0 Å². The Morgan fingerprint density at radius 1 is 1.48 bits per heavy atom. The second kappa shape index (κ2) is 7.19. The summed E-state index contributed by atoms with van der Waals surface area (Å²) in [7, 11) is 1.33. The highest BCUT2D eigenvalue weighted by molar-refractivity contribution is 5.95. The Bertz CT molecular complexity index is 524. The summed E-state index contributed by atoms with van der Waals surface area (Å²) in [6.07, 6.45) is 0.335. The number of methoxy groups -OCH3 is 1. The fourth-order valence-electron chi connectivity index (χ4n) is 2.18. The van der Waals surface area contributed by atoms with Crippen LogP contribution in [0.4, 0.5) is 5.69 Å². The van der Waals surface area contributed by atoms with E-state index in [0.717, 1.165) is 12.1 Å². The first-order chi connectivity index (χ1) is 10.1. The Morgan fingerprint density at radius 3 is 2.95 bits per heavy atom. The van der Waals surface area contributed by atoms with Crippen molar-refractivity contribution in [2.45, 2.75) is 19.4 Å². The van der Waals surface area contributed by atoms with Crippen molar-refractivity contribution in [2.24, 2.45) is 0 Å². The van der Waals surface area contributed by atoms with Crippen molar-refractivity contribution in [3.63, 3.8) is 0 Å². The van der Waals surface area contributed by atoms with Crippen LogP contribution in [0.3, 0.4) is 0 Å². The highest BCUT2D eigenvalue weighted by Crippen LogP contribution is 2.18. The van der Waals surface area contributed by atoms with Crippen molar-refractivity contribution in [3.8, 4) is 0 Å². The maximum atomic E-state index is 12.1. The Labute approximate surface area is 123 Å². The normalized spacial score (nSPS) is 18.1. The molecule has 0 aliphatic carbocycles. The largest absolute Gasteiger partial charge is 0.465 e. The van der Waals surface area contributed by atoms with Crippen LogP contribution < -0.4 is 10.6 Å². The van der Waals surface area contributed by atoms with Gasteiger partial charge >= 0.3 is 5.97 Å². The van der Waals surface area contributed by atoms with E-state index in [1.54, 1.807) is 18.2 Å². The van der Waals surface area contributed by atoms with Gasteiger partial charge < -0.3 is 20.1 Å². The first-order valence-corrected chi connectivity index (χ1v) is 6.90. The Morgan fingerprint density at radius 2 is 2.29 bits per heavy atom. The molecule has 114 valence electrons. The highest BCUT2D eigenvalue weighted by atomic mass is 16.5. The minimum atomic E-state index is -0.423. The standard InChI is InChI=1S/C15H20N2O4/c1-10-3-4-11(15(19)20-2)7-13(10)17-14(18)8-12-9-21-6-5-16-12/h3-4,7,12,16H,5-6,8-9H2,1-2H3,(H,17,18). The maximum absolute atomic E-state index is 12.1. The zero-order valence-corrected chi connectivity index (χ0v) is 12.3. The number of morpholine rings is 1. The summed E-state index contributed by atoms with van der Waals surface area (Å²) in [5, 5.41) is 6.06.